The van der Waals surface area contributed by atoms with E-state index in [9.17, 15) is 0 Å². The van der Waals surface area contributed by atoms with Gasteiger partial charge in [-0.3, -0.25) is 0 Å². The molecule has 0 N–H and O–H groups in total. The second kappa shape index (κ2) is 15.1. The molecule has 10 rings (SSSR count). The summed E-state index contributed by atoms with van der Waals surface area (Å²) in [5.74, 6) is 6.51. The lowest BCUT2D eigenvalue weighted by atomic mass is 9.95. The Morgan fingerprint density at radius 3 is 1.93 bits per heavy atom. The molecule has 0 atom stereocenters. The molecule has 0 radical (unpaired) electrons. The van der Waals surface area contributed by atoms with Crippen LogP contribution in [-0.4, -0.2) is 4.57 Å². The minimum absolute atomic E-state index is 0.689. The van der Waals surface area contributed by atoms with Gasteiger partial charge in [-0.25, -0.2) is 0 Å². The molecule has 0 amide bonds. The van der Waals surface area contributed by atoms with Crippen LogP contribution in [0, 0.1) is 11.8 Å². The monoisotopic (exact) mass is 728 g/mol. The van der Waals surface area contributed by atoms with Gasteiger partial charge in [-0.05, 0) is 118 Å². The van der Waals surface area contributed by atoms with Crippen LogP contribution in [0.3, 0.4) is 0 Å². The summed E-state index contributed by atoms with van der Waals surface area (Å²) in [5, 5.41) is 2.51. The zero-order valence-corrected chi connectivity index (χ0v) is 31.6. The number of hydrogen-bond donors (Lipinski definition) is 0. The van der Waals surface area contributed by atoms with Crippen LogP contribution >= 0.6 is 0 Å². The van der Waals surface area contributed by atoms with Crippen molar-refractivity contribution in [2.45, 2.75) is 19.3 Å². The van der Waals surface area contributed by atoms with Crippen LogP contribution in [-0.2, 0) is 0 Å². The lowest BCUT2D eigenvalue weighted by molar-refractivity contribution is 1.02. The highest BCUT2D eigenvalue weighted by Crippen LogP contribution is 2.44. The molecule has 1 heterocycles. The predicted octanol–water partition coefficient (Wildman–Crippen LogP) is 14.8. The molecule has 57 heavy (non-hydrogen) atoms. The van der Waals surface area contributed by atoms with Crippen molar-refractivity contribution in [2.75, 3.05) is 4.90 Å². The van der Waals surface area contributed by atoms with Crippen molar-refractivity contribution >= 4 is 50.1 Å². The first-order valence-electron chi connectivity index (χ1n) is 19.8. The zero-order valence-electron chi connectivity index (χ0n) is 31.6. The average molecular weight is 729 g/mol. The van der Waals surface area contributed by atoms with E-state index >= 15 is 0 Å². The van der Waals surface area contributed by atoms with Crippen molar-refractivity contribution in [1.29, 1.82) is 0 Å². The molecule has 1 aromatic heterocycles. The summed E-state index contributed by atoms with van der Waals surface area (Å²) in [6.07, 6.45) is 15.9. The van der Waals surface area contributed by atoms with Crippen molar-refractivity contribution in [3.05, 3.63) is 212 Å². The van der Waals surface area contributed by atoms with Gasteiger partial charge in [0.15, 0.2) is 0 Å². The SMILES string of the molecule is C1#CCC(c2cc(-c3ccccc3)cc(N(c3ccc(-c4ccccc4)cc3)c3ccc4c5c(-c6ccccc6)cccc5n(C5=CCCC=C5)c4c3)c2)=CC=C1. The Kier molecular flexibility index (Phi) is 9.03. The third-order valence-corrected chi connectivity index (χ3v) is 11.1. The lowest BCUT2D eigenvalue weighted by Gasteiger charge is -2.27. The molecule has 0 bridgehead atoms. The van der Waals surface area contributed by atoms with Gasteiger partial charge in [0.2, 0.25) is 0 Å². The van der Waals surface area contributed by atoms with E-state index in [1.54, 1.807) is 0 Å². The summed E-state index contributed by atoms with van der Waals surface area (Å²) in [4.78, 5) is 2.42. The number of nitrogens with zero attached hydrogens (tertiary/aromatic N) is 2. The predicted molar refractivity (Wildman–Crippen MR) is 243 cm³/mol. The number of aromatic nitrogens is 1. The fourth-order valence-electron chi connectivity index (χ4n) is 8.38. The van der Waals surface area contributed by atoms with Gasteiger partial charge in [-0.2, -0.15) is 0 Å². The van der Waals surface area contributed by atoms with Crippen molar-refractivity contribution in [1.82, 2.24) is 4.57 Å². The molecule has 2 heteroatoms. The van der Waals surface area contributed by atoms with Crippen LogP contribution in [0.1, 0.15) is 24.8 Å². The summed E-state index contributed by atoms with van der Waals surface area (Å²) in [6.45, 7) is 0. The summed E-state index contributed by atoms with van der Waals surface area (Å²) >= 11 is 0. The summed E-state index contributed by atoms with van der Waals surface area (Å²) in [5.41, 5.74) is 16.4. The van der Waals surface area contributed by atoms with Crippen LogP contribution in [0.25, 0.3) is 66.5 Å². The minimum atomic E-state index is 0.689. The van der Waals surface area contributed by atoms with Gasteiger partial charge in [0, 0.05) is 40.0 Å². The van der Waals surface area contributed by atoms with Gasteiger partial charge in [0.25, 0.3) is 0 Å². The first-order chi connectivity index (χ1) is 28.3. The van der Waals surface area contributed by atoms with Gasteiger partial charge in [0.05, 0.1) is 11.0 Å². The Labute approximate surface area is 334 Å². The van der Waals surface area contributed by atoms with Crippen LogP contribution in [0.5, 0.6) is 0 Å². The van der Waals surface area contributed by atoms with Gasteiger partial charge >= 0.3 is 0 Å². The van der Waals surface area contributed by atoms with E-state index in [1.165, 1.54) is 66.5 Å². The summed E-state index contributed by atoms with van der Waals surface area (Å²) in [6, 6.07) is 61.9. The first kappa shape index (κ1) is 34.2. The smallest absolute Gasteiger partial charge is 0.0562 e. The molecule has 7 aromatic carbocycles. The Morgan fingerprint density at radius 2 is 1.19 bits per heavy atom. The first-order valence-corrected chi connectivity index (χ1v) is 19.8. The molecule has 0 saturated carbocycles. The number of fused-ring (bicyclic) bond motifs is 3. The molecule has 2 nitrogen and oxygen atoms in total. The van der Waals surface area contributed by atoms with Crippen molar-refractivity contribution in [3.63, 3.8) is 0 Å². The minimum Gasteiger partial charge on any atom is -0.310 e. The number of rotatable bonds is 8. The van der Waals surface area contributed by atoms with Crippen molar-refractivity contribution < 1.29 is 0 Å². The third-order valence-electron chi connectivity index (χ3n) is 11.1. The molecule has 270 valence electrons. The highest BCUT2D eigenvalue weighted by Gasteiger charge is 2.21. The van der Waals surface area contributed by atoms with E-state index in [2.05, 4.69) is 222 Å². The van der Waals surface area contributed by atoms with Crippen LogP contribution < -0.4 is 4.90 Å². The molecular weight excluding hydrogens is 689 g/mol. The Morgan fingerprint density at radius 1 is 0.509 bits per heavy atom. The number of benzene rings is 7. The van der Waals surface area contributed by atoms with Gasteiger partial charge < -0.3 is 9.47 Å². The topological polar surface area (TPSA) is 8.17 Å². The van der Waals surface area contributed by atoms with Crippen LogP contribution in [0.4, 0.5) is 17.1 Å². The van der Waals surface area contributed by atoms with E-state index in [0.717, 1.165) is 35.5 Å². The maximum absolute atomic E-state index is 3.34. The second-order valence-electron chi connectivity index (χ2n) is 14.6. The van der Waals surface area contributed by atoms with E-state index in [4.69, 9.17) is 0 Å². The zero-order chi connectivity index (χ0) is 38.0. The molecule has 0 fully saturated rings. The Bertz CT molecular complexity index is 2950. The quantitative estimate of drug-likeness (QED) is 0.141. The molecule has 0 unspecified atom stereocenters. The van der Waals surface area contributed by atoms with E-state index in [-0.39, 0.29) is 0 Å². The van der Waals surface area contributed by atoms with Gasteiger partial charge in [0.1, 0.15) is 0 Å². The van der Waals surface area contributed by atoms with Crippen molar-refractivity contribution in [3.8, 4) is 45.2 Å². The van der Waals surface area contributed by atoms with Gasteiger partial charge in [-0.15, -0.1) is 0 Å². The maximum Gasteiger partial charge on any atom is 0.0562 e. The van der Waals surface area contributed by atoms with E-state index in [0.29, 0.717) is 6.42 Å². The van der Waals surface area contributed by atoms with Crippen LogP contribution in [0.15, 0.2) is 206 Å². The summed E-state index contributed by atoms with van der Waals surface area (Å²) < 4.78 is 2.47. The lowest BCUT2D eigenvalue weighted by Crippen LogP contribution is -2.11. The van der Waals surface area contributed by atoms with Gasteiger partial charge in [-0.1, -0.05) is 157 Å². The molecule has 2 aliphatic carbocycles. The maximum atomic E-state index is 3.34. The largest absolute Gasteiger partial charge is 0.310 e. The molecular formula is C55H40N2. The molecule has 8 aromatic rings. The Balaban J connectivity index is 1.23. The number of allylic oxidation sites excluding steroid dienone is 8. The summed E-state index contributed by atoms with van der Waals surface area (Å²) in [7, 11) is 0. The molecule has 0 aliphatic heterocycles. The fraction of sp³-hybridized carbons (Fsp3) is 0.0545. The van der Waals surface area contributed by atoms with E-state index in [1.807, 2.05) is 6.08 Å². The molecule has 2 aliphatic rings. The fourth-order valence-corrected chi connectivity index (χ4v) is 8.38. The highest BCUT2D eigenvalue weighted by molar-refractivity contribution is 6.17. The standard InChI is InChI=1S/C55H40N2/c1-2-8-21-41(20-7-1)45-36-46(42-22-11-4-12-23-42)38-50(37-45)56(48-32-30-43(31-33-48)40-18-9-3-10-19-40)49-34-35-52-54(39-49)57(47-26-15-6-16-27-47)53-29-17-28-51(55(52)53)44-24-13-5-14-25-44/h1,3-5,7,9-15,17-20,22-39H,6,16,21H2. The Hall–Kier alpha value is -7.34. The third kappa shape index (κ3) is 6.60. The highest BCUT2D eigenvalue weighted by atomic mass is 15.1. The van der Waals surface area contributed by atoms with E-state index < -0.39 is 0 Å². The van der Waals surface area contributed by atoms with Crippen LogP contribution in [0.2, 0.25) is 0 Å². The average Bonchev–Trinajstić information content (AvgIpc) is 3.39. The molecule has 0 saturated heterocycles. The molecule has 0 spiro atoms. The van der Waals surface area contributed by atoms with Crippen molar-refractivity contribution in [2.24, 2.45) is 0 Å². The normalized spacial score (nSPS) is 13.5. The second-order valence-corrected chi connectivity index (χ2v) is 14.6. The number of anilines is 3. The number of hydrogen-bond acceptors (Lipinski definition) is 1.